The fourth-order valence-electron chi connectivity index (χ4n) is 2.31. The Morgan fingerprint density at radius 3 is 2.90 bits per heavy atom. The number of aromatic nitrogens is 3. The van der Waals surface area contributed by atoms with Crippen molar-refractivity contribution in [1.82, 2.24) is 14.5 Å². The monoisotopic (exact) mass is 280 g/mol. The molecule has 4 rings (SSSR count). The van der Waals surface area contributed by atoms with Crippen LogP contribution in [0, 0.1) is 5.92 Å². The summed E-state index contributed by atoms with van der Waals surface area (Å²) in [5.41, 5.74) is 8.48. The fourth-order valence-corrected chi connectivity index (χ4v) is 2.31. The summed E-state index contributed by atoms with van der Waals surface area (Å²) in [5, 5.41) is 0. The molecule has 0 unspecified atom stereocenters. The topological polar surface area (TPSA) is 66.0 Å². The molecule has 2 heterocycles. The van der Waals surface area contributed by atoms with Gasteiger partial charge in [-0.05, 0) is 43.0 Å². The molecule has 0 radical (unpaired) electrons. The molecular weight excluding hydrogens is 264 g/mol. The predicted molar refractivity (Wildman–Crippen MR) is 81.5 cm³/mol. The Balaban J connectivity index is 1.72. The van der Waals surface area contributed by atoms with Crippen LogP contribution in [-0.2, 0) is 0 Å². The summed E-state index contributed by atoms with van der Waals surface area (Å²) >= 11 is 0. The van der Waals surface area contributed by atoms with E-state index < -0.39 is 0 Å². The Morgan fingerprint density at radius 2 is 2.05 bits per heavy atom. The molecule has 0 amide bonds. The van der Waals surface area contributed by atoms with Gasteiger partial charge in [0.05, 0.1) is 23.3 Å². The number of para-hydroxylation sites is 2. The number of imidazole rings is 1. The number of fused-ring (bicyclic) bond motifs is 1. The molecule has 0 spiro atoms. The van der Waals surface area contributed by atoms with Crippen LogP contribution in [0.1, 0.15) is 12.8 Å². The zero-order valence-corrected chi connectivity index (χ0v) is 11.6. The maximum atomic E-state index is 5.95. The van der Waals surface area contributed by atoms with Gasteiger partial charge in [0.25, 0.3) is 0 Å². The van der Waals surface area contributed by atoms with Crippen LogP contribution in [0.3, 0.4) is 0 Å². The maximum Gasteiger partial charge on any atom is 0.239 e. The van der Waals surface area contributed by atoms with Crippen LogP contribution in [0.25, 0.3) is 16.9 Å². The third kappa shape index (κ3) is 2.31. The van der Waals surface area contributed by atoms with Gasteiger partial charge in [-0.2, -0.15) is 4.98 Å². The highest BCUT2D eigenvalue weighted by Gasteiger charge is 2.22. The van der Waals surface area contributed by atoms with Crippen molar-refractivity contribution in [3.8, 4) is 11.7 Å². The first kappa shape index (κ1) is 12.2. The van der Waals surface area contributed by atoms with Gasteiger partial charge in [0, 0.05) is 0 Å². The minimum Gasteiger partial charge on any atom is -0.476 e. The van der Waals surface area contributed by atoms with E-state index in [9.17, 15) is 0 Å². The van der Waals surface area contributed by atoms with E-state index in [1.807, 2.05) is 41.0 Å². The smallest absolute Gasteiger partial charge is 0.239 e. The van der Waals surface area contributed by atoms with Crippen molar-refractivity contribution in [2.45, 2.75) is 12.8 Å². The minimum absolute atomic E-state index is 0.511. The van der Waals surface area contributed by atoms with Gasteiger partial charge in [0.2, 0.25) is 5.88 Å². The molecule has 1 fully saturated rings. The molecule has 106 valence electrons. The summed E-state index contributed by atoms with van der Waals surface area (Å²) in [5.74, 6) is 1.95. The summed E-state index contributed by atoms with van der Waals surface area (Å²) in [4.78, 5) is 8.92. The number of hydrogen-bond acceptors (Lipinski definition) is 4. The van der Waals surface area contributed by atoms with Crippen molar-refractivity contribution < 1.29 is 4.74 Å². The number of benzene rings is 1. The third-order valence-electron chi connectivity index (χ3n) is 3.73. The molecule has 1 aliphatic rings. The van der Waals surface area contributed by atoms with E-state index in [-0.39, 0.29) is 0 Å². The van der Waals surface area contributed by atoms with E-state index in [1.54, 1.807) is 6.33 Å². The summed E-state index contributed by atoms with van der Waals surface area (Å²) < 4.78 is 7.68. The van der Waals surface area contributed by atoms with Crippen LogP contribution in [0.5, 0.6) is 5.88 Å². The Bertz CT molecular complexity index is 792. The molecule has 1 aliphatic carbocycles. The Hall–Kier alpha value is -2.56. The molecule has 2 aromatic heterocycles. The van der Waals surface area contributed by atoms with Crippen LogP contribution in [0.4, 0.5) is 5.69 Å². The average Bonchev–Trinajstić information content (AvgIpc) is 3.24. The molecular formula is C16H16N4O. The van der Waals surface area contributed by atoms with Gasteiger partial charge in [-0.3, -0.25) is 4.57 Å². The van der Waals surface area contributed by atoms with E-state index in [0.717, 1.165) is 16.9 Å². The Labute approximate surface area is 122 Å². The Kier molecular flexibility index (Phi) is 2.77. The largest absolute Gasteiger partial charge is 0.476 e. The zero-order valence-electron chi connectivity index (χ0n) is 11.6. The molecule has 5 nitrogen and oxygen atoms in total. The van der Waals surface area contributed by atoms with E-state index in [4.69, 9.17) is 10.5 Å². The van der Waals surface area contributed by atoms with Crippen molar-refractivity contribution in [1.29, 1.82) is 0 Å². The zero-order chi connectivity index (χ0) is 14.2. The van der Waals surface area contributed by atoms with E-state index >= 15 is 0 Å². The molecule has 3 aromatic rings. The average molecular weight is 280 g/mol. The summed E-state index contributed by atoms with van der Waals surface area (Å²) in [6, 6.07) is 11.7. The fraction of sp³-hybridized carbons (Fsp3) is 0.250. The van der Waals surface area contributed by atoms with Crippen LogP contribution < -0.4 is 10.5 Å². The first-order chi connectivity index (χ1) is 10.3. The molecule has 1 saturated carbocycles. The quantitative estimate of drug-likeness (QED) is 0.798. The van der Waals surface area contributed by atoms with Crippen LogP contribution in [-0.4, -0.2) is 21.1 Å². The van der Waals surface area contributed by atoms with E-state index in [2.05, 4.69) is 9.97 Å². The normalized spacial score (nSPS) is 14.5. The van der Waals surface area contributed by atoms with Gasteiger partial charge >= 0.3 is 0 Å². The van der Waals surface area contributed by atoms with Crippen molar-refractivity contribution in [3.05, 3.63) is 42.7 Å². The molecule has 0 saturated heterocycles. The highest BCUT2D eigenvalue weighted by molar-refractivity contribution is 5.76. The lowest BCUT2D eigenvalue weighted by Gasteiger charge is -2.10. The maximum absolute atomic E-state index is 5.95. The Morgan fingerprint density at radius 1 is 1.19 bits per heavy atom. The van der Waals surface area contributed by atoms with E-state index in [0.29, 0.717) is 24.1 Å². The SMILES string of the molecule is Nc1ccc(-n2cnc3ccccc32)nc1OCC1CC1. The van der Waals surface area contributed by atoms with Gasteiger partial charge in [0.1, 0.15) is 12.1 Å². The summed E-state index contributed by atoms with van der Waals surface area (Å²) in [6.45, 7) is 0.700. The lowest BCUT2D eigenvalue weighted by atomic mass is 10.3. The highest BCUT2D eigenvalue weighted by atomic mass is 16.5. The number of rotatable bonds is 4. The molecule has 5 heteroatoms. The lowest BCUT2D eigenvalue weighted by Crippen LogP contribution is -2.06. The number of pyridine rings is 1. The number of ether oxygens (including phenoxy) is 1. The second-order valence-electron chi connectivity index (χ2n) is 5.42. The number of anilines is 1. The van der Waals surface area contributed by atoms with E-state index in [1.165, 1.54) is 12.8 Å². The van der Waals surface area contributed by atoms with Gasteiger partial charge in [-0.15, -0.1) is 0 Å². The van der Waals surface area contributed by atoms with Crippen LogP contribution >= 0.6 is 0 Å². The summed E-state index contributed by atoms with van der Waals surface area (Å²) in [7, 11) is 0. The number of nitrogens with two attached hydrogens (primary N) is 1. The van der Waals surface area contributed by atoms with Crippen molar-refractivity contribution in [2.75, 3.05) is 12.3 Å². The highest BCUT2D eigenvalue weighted by Crippen LogP contribution is 2.30. The molecule has 1 aromatic carbocycles. The van der Waals surface area contributed by atoms with Crippen molar-refractivity contribution in [2.24, 2.45) is 5.92 Å². The molecule has 0 aliphatic heterocycles. The predicted octanol–water partition coefficient (Wildman–Crippen LogP) is 2.79. The molecule has 21 heavy (non-hydrogen) atoms. The second kappa shape index (κ2) is 4.77. The van der Waals surface area contributed by atoms with Gasteiger partial charge in [-0.1, -0.05) is 12.1 Å². The number of nitrogens with zero attached hydrogens (tertiary/aromatic N) is 3. The summed E-state index contributed by atoms with van der Waals surface area (Å²) in [6.07, 6.45) is 4.26. The third-order valence-corrected chi connectivity index (χ3v) is 3.73. The van der Waals surface area contributed by atoms with Crippen LogP contribution in [0.15, 0.2) is 42.7 Å². The number of hydrogen-bond donors (Lipinski definition) is 1. The molecule has 0 bridgehead atoms. The number of nitrogen functional groups attached to an aromatic ring is 1. The minimum atomic E-state index is 0.511. The standard InChI is InChI=1S/C16H16N4O/c17-12-7-8-15(19-16(12)21-9-11-5-6-11)20-10-18-13-3-1-2-4-14(13)20/h1-4,7-8,10-11H,5-6,9,17H2. The van der Waals surface area contributed by atoms with Gasteiger partial charge < -0.3 is 10.5 Å². The first-order valence-corrected chi connectivity index (χ1v) is 7.13. The molecule has 0 atom stereocenters. The lowest BCUT2D eigenvalue weighted by molar-refractivity contribution is 0.290. The first-order valence-electron chi connectivity index (χ1n) is 7.13. The van der Waals surface area contributed by atoms with Crippen LogP contribution in [0.2, 0.25) is 0 Å². The second-order valence-corrected chi connectivity index (χ2v) is 5.42. The van der Waals surface area contributed by atoms with Crippen molar-refractivity contribution in [3.63, 3.8) is 0 Å². The molecule has 2 N–H and O–H groups in total. The van der Waals surface area contributed by atoms with Crippen molar-refractivity contribution >= 4 is 16.7 Å². The van der Waals surface area contributed by atoms with Gasteiger partial charge in [-0.25, -0.2) is 4.98 Å². The van der Waals surface area contributed by atoms with Gasteiger partial charge in [0.15, 0.2) is 0 Å².